The first-order valence-electron chi connectivity index (χ1n) is 7.51. The fourth-order valence-corrected chi connectivity index (χ4v) is 3.42. The first-order valence-corrected chi connectivity index (χ1v) is 9.29. The summed E-state index contributed by atoms with van der Waals surface area (Å²) in [6.45, 7) is 2.02. The van der Waals surface area contributed by atoms with Crippen molar-refractivity contribution in [3.8, 4) is 5.69 Å². The average Bonchev–Trinajstić information content (AvgIpc) is 3.04. The van der Waals surface area contributed by atoms with Crippen molar-refractivity contribution in [2.75, 3.05) is 11.1 Å². The minimum Gasteiger partial charge on any atom is -0.323 e. The Morgan fingerprint density at radius 3 is 2.88 bits per heavy atom. The summed E-state index contributed by atoms with van der Waals surface area (Å²) in [4.78, 5) is 16.4. The van der Waals surface area contributed by atoms with Crippen LogP contribution in [-0.4, -0.2) is 21.2 Å². The molecule has 7 heteroatoms. The Balaban J connectivity index is 1.67. The zero-order chi connectivity index (χ0) is 17.8. The number of carbonyl (C=O) groups excluding carboxylic acids is 1. The summed E-state index contributed by atoms with van der Waals surface area (Å²) >= 11 is 4.49. The third kappa shape index (κ3) is 4.29. The van der Waals surface area contributed by atoms with E-state index >= 15 is 0 Å². The van der Waals surface area contributed by atoms with Crippen LogP contribution >= 0.6 is 27.7 Å². The molecule has 1 amide bonds. The van der Waals surface area contributed by atoms with Gasteiger partial charge in [0.1, 0.15) is 5.82 Å². The fourth-order valence-electron chi connectivity index (χ4n) is 2.32. The van der Waals surface area contributed by atoms with Crippen molar-refractivity contribution >= 4 is 39.3 Å². The lowest BCUT2D eigenvalue weighted by Crippen LogP contribution is -2.15. The Kier molecular flexibility index (Phi) is 5.55. The Morgan fingerprint density at radius 1 is 1.32 bits per heavy atom. The monoisotopic (exact) mass is 419 g/mol. The molecule has 0 saturated heterocycles. The number of nitrogens with zero attached hydrogens (tertiary/aromatic N) is 2. The van der Waals surface area contributed by atoms with Crippen LogP contribution in [0.25, 0.3) is 5.69 Å². The quantitative estimate of drug-likeness (QED) is 0.603. The van der Waals surface area contributed by atoms with Crippen molar-refractivity contribution in [2.24, 2.45) is 0 Å². The molecule has 0 bridgehead atoms. The van der Waals surface area contributed by atoms with Gasteiger partial charge in [0, 0.05) is 16.9 Å². The molecule has 0 saturated carbocycles. The van der Waals surface area contributed by atoms with E-state index in [1.54, 1.807) is 12.3 Å². The van der Waals surface area contributed by atoms with Crippen molar-refractivity contribution in [1.29, 1.82) is 0 Å². The number of aromatic nitrogens is 2. The number of rotatable bonds is 5. The fraction of sp³-hybridized carbons (Fsp3) is 0.111. The number of amides is 1. The van der Waals surface area contributed by atoms with Gasteiger partial charge >= 0.3 is 0 Å². The molecule has 0 aliphatic carbocycles. The molecule has 0 atom stereocenters. The molecule has 25 heavy (non-hydrogen) atoms. The topological polar surface area (TPSA) is 46.9 Å². The van der Waals surface area contributed by atoms with Crippen molar-refractivity contribution in [1.82, 2.24) is 9.55 Å². The second-order valence-electron chi connectivity index (χ2n) is 5.33. The van der Waals surface area contributed by atoms with Gasteiger partial charge in [0.25, 0.3) is 0 Å². The maximum absolute atomic E-state index is 13.8. The number of halogens is 2. The van der Waals surface area contributed by atoms with E-state index in [-0.39, 0.29) is 17.3 Å². The van der Waals surface area contributed by atoms with Gasteiger partial charge < -0.3 is 5.32 Å². The summed E-state index contributed by atoms with van der Waals surface area (Å²) in [6, 6.07) is 12.5. The molecule has 128 valence electrons. The smallest absolute Gasteiger partial charge is 0.234 e. The van der Waals surface area contributed by atoms with Crippen LogP contribution in [0, 0.1) is 12.7 Å². The van der Waals surface area contributed by atoms with E-state index in [4.69, 9.17) is 0 Å². The van der Waals surface area contributed by atoms with E-state index in [9.17, 15) is 9.18 Å². The largest absolute Gasteiger partial charge is 0.323 e. The highest BCUT2D eigenvalue weighted by Crippen LogP contribution is 2.23. The lowest BCUT2D eigenvalue weighted by Gasteiger charge is -2.10. The number of hydrogen-bond acceptors (Lipinski definition) is 3. The lowest BCUT2D eigenvalue weighted by molar-refractivity contribution is -0.113. The molecule has 2 aromatic carbocycles. The molecule has 4 nitrogen and oxygen atoms in total. The van der Waals surface area contributed by atoms with Crippen LogP contribution in [0.4, 0.5) is 10.1 Å². The van der Waals surface area contributed by atoms with Gasteiger partial charge in [0.05, 0.1) is 17.1 Å². The van der Waals surface area contributed by atoms with Crippen LogP contribution in [0.2, 0.25) is 0 Å². The van der Waals surface area contributed by atoms with E-state index in [0.29, 0.717) is 9.63 Å². The lowest BCUT2D eigenvalue weighted by atomic mass is 10.2. The van der Waals surface area contributed by atoms with Gasteiger partial charge in [-0.05, 0) is 36.8 Å². The van der Waals surface area contributed by atoms with E-state index in [1.807, 2.05) is 42.0 Å². The molecular formula is C18H15BrFN3OS. The molecule has 0 aliphatic rings. The number of aryl methyl sites for hydroxylation is 1. The maximum atomic E-state index is 13.8. The third-order valence-electron chi connectivity index (χ3n) is 3.52. The number of para-hydroxylation sites is 1. The van der Waals surface area contributed by atoms with Gasteiger partial charge in [0.2, 0.25) is 5.91 Å². The average molecular weight is 420 g/mol. The minimum absolute atomic E-state index is 0.137. The van der Waals surface area contributed by atoms with Crippen molar-refractivity contribution < 1.29 is 9.18 Å². The molecule has 3 rings (SSSR count). The molecule has 1 N–H and O–H groups in total. The Labute approximate surface area is 157 Å². The first kappa shape index (κ1) is 17.7. The minimum atomic E-state index is -0.478. The van der Waals surface area contributed by atoms with Crippen LogP contribution in [0.1, 0.15) is 5.56 Å². The van der Waals surface area contributed by atoms with Crippen LogP contribution in [0.3, 0.4) is 0 Å². The highest BCUT2D eigenvalue weighted by Gasteiger charge is 2.12. The molecule has 0 radical (unpaired) electrons. The van der Waals surface area contributed by atoms with Crippen LogP contribution in [-0.2, 0) is 4.79 Å². The van der Waals surface area contributed by atoms with Gasteiger partial charge in [-0.2, -0.15) is 0 Å². The predicted octanol–water partition coefficient (Wildman–Crippen LogP) is 4.81. The third-order valence-corrected chi connectivity index (χ3v) is 4.98. The summed E-state index contributed by atoms with van der Waals surface area (Å²) in [6.07, 6.45) is 3.55. The maximum Gasteiger partial charge on any atom is 0.234 e. The van der Waals surface area contributed by atoms with Crippen LogP contribution in [0.15, 0.2) is 64.5 Å². The van der Waals surface area contributed by atoms with E-state index in [1.165, 1.54) is 23.9 Å². The summed E-state index contributed by atoms with van der Waals surface area (Å²) < 4.78 is 16.3. The Morgan fingerprint density at radius 2 is 2.12 bits per heavy atom. The Hall–Kier alpha value is -2.12. The zero-order valence-corrected chi connectivity index (χ0v) is 15.8. The predicted molar refractivity (Wildman–Crippen MR) is 102 cm³/mol. The van der Waals surface area contributed by atoms with Gasteiger partial charge in [-0.15, -0.1) is 0 Å². The number of carbonyl (C=O) groups is 1. The molecule has 0 aliphatic heterocycles. The zero-order valence-electron chi connectivity index (χ0n) is 13.4. The summed E-state index contributed by atoms with van der Waals surface area (Å²) in [5.41, 5.74) is 2.29. The number of hydrogen-bond donors (Lipinski definition) is 1. The van der Waals surface area contributed by atoms with E-state index in [2.05, 4.69) is 26.2 Å². The summed E-state index contributed by atoms with van der Waals surface area (Å²) in [7, 11) is 0. The van der Waals surface area contributed by atoms with Crippen molar-refractivity contribution in [3.63, 3.8) is 0 Å². The molecule has 0 fully saturated rings. The number of anilines is 1. The first-order chi connectivity index (χ1) is 12.0. The van der Waals surface area contributed by atoms with Gasteiger partial charge in [-0.25, -0.2) is 9.37 Å². The van der Waals surface area contributed by atoms with Crippen LogP contribution in [0.5, 0.6) is 0 Å². The van der Waals surface area contributed by atoms with E-state index in [0.717, 1.165) is 11.3 Å². The SMILES string of the molecule is Cc1ccccc1-n1ccnc1SCC(=O)Nc1ccc(Br)cc1F. The van der Waals surface area contributed by atoms with Gasteiger partial charge in [-0.1, -0.05) is 45.9 Å². The molecule has 1 aromatic heterocycles. The molecule has 0 spiro atoms. The number of imidazole rings is 1. The highest BCUT2D eigenvalue weighted by molar-refractivity contribution is 9.10. The van der Waals surface area contributed by atoms with Gasteiger partial charge in [0.15, 0.2) is 5.16 Å². The normalized spacial score (nSPS) is 10.7. The second-order valence-corrected chi connectivity index (χ2v) is 7.19. The standard InChI is InChI=1S/C18H15BrFN3OS/c1-12-4-2-3-5-16(12)23-9-8-21-18(23)25-11-17(24)22-15-7-6-13(19)10-14(15)20/h2-10H,11H2,1H3,(H,22,24). The number of nitrogens with one attached hydrogen (secondary N) is 1. The second kappa shape index (κ2) is 7.84. The number of benzene rings is 2. The highest BCUT2D eigenvalue weighted by atomic mass is 79.9. The van der Waals surface area contributed by atoms with Crippen LogP contribution < -0.4 is 5.32 Å². The molecule has 0 unspecified atom stereocenters. The van der Waals surface area contributed by atoms with Crippen molar-refractivity contribution in [3.05, 3.63) is 70.7 Å². The van der Waals surface area contributed by atoms with E-state index < -0.39 is 5.82 Å². The molecule has 1 heterocycles. The summed E-state index contributed by atoms with van der Waals surface area (Å²) in [5, 5.41) is 3.29. The number of thioether (sulfide) groups is 1. The molecule has 3 aromatic rings. The van der Waals surface area contributed by atoms with Crippen molar-refractivity contribution in [2.45, 2.75) is 12.1 Å². The summed E-state index contributed by atoms with van der Waals surface area (Å²) in [5.74, 6) is -0.627. The Bertz CT molecular complexity index is 913. The van der Waals surface area contributed by atoms with Gasteiger partial charge in [-0.3, -0.25) is 9.36 Å². The molecular weight excluding hydrogens is 405 g/mol.